The number of aliphatic hydroxyl groups excluding tert-OH is 2. The third-order valence-electron chi connectivity index (χ3n) is 1.90. The van der Waals surface area contributed by atoms with E-state index in [4.69, 9.17) is 29.2 Å². The minimum absolute atomic E-state index is 0. The predicted molar refractivity (Wildman–Crippen MR) is 87.4 cm³/mol. The van der Waals surface area contributed by atoms with Gasteiger partial charge in [-0.3, -0.25) is 9.59 Å². The molecule has 0 aliphatic heterocycles. The fourth-order valence-corrected chi connectivity index (χ4v) is 0.761. The van der Waals surface area contributed by atoms with Crippen LogP contribution >= 0.6 is 0 Å². The van der Waals surface area contributed by atoms with Gasteiger partial charge in [-0.1, -0.05) is 27.7 Å². The summed E-state index contributed by atoms with van der Waals surface area (Å²) in [5.74, 6) is 0.895. The Hall–Kier alpha value is -1.55. The van der Waals surface area contributed by atoms with E-state index in [1.54, 1.807) is 0 Å². The molecule has 0 fully saturated rings. The number of hydrogen-bond donors (Lipinski definition) is 2. The zero-order valence-electron chi connectivity index (χ0n) is 14.5. The summed E-state index contributed by atoms with van der Waals surface area (Å²) in [4.78, 5) is 26.0. The molecule has 0 aromatic carbocycles. The number of allylic oxidation sites excluding steroid dienone is 4. The Morgan fingerprint density at radius 3 is 1.13 bits per heavy atom. The van der Waals surface area contributed by atoms with Crippen LogP contribution < -0.4 is 0 Å². The van der Waals surface area contributed by atoms with Crippen molar-refractivity contribution >= 4 is 18.4 Å². The molecule has 4 N–H and O–H groups in total. The van der Waals surface area contributed by atoms with Crippen LogP contribution in [0.4, 0.5) is 0 Å². The van der Waals surface area contributed by atoms with E-state index in [1.165, 1.54) is 26.0 Å². The molecule has 0 aliphatic carbocycles. The van der Waals surface area contributed by atoms with E-state index in [1.807, 2.05) is 34.5 Å². The summed E-state index contributed by atoms with van der Waals surface area (Å²) in [5, 5.41) is 17.3. The third kappa shape index (κ3) is 33.3. The molecule has 6 nitrogen and oxygen atoms in total. The van der Waals surface area contributed by atoms with Crippen molar-refractivity contribution in [1.29, 1.82) is 0 Å². The van der Waals surface area contributed by atoms with Crippen molar-refractivity contribution in [3.05, 3.63) is 30.3 Å². The summed E-state index contributed by atoms with van der Waals surface area (Å²) < 4.78 is 7.50. The van der Waals surface area contributed by atoms with E-state index in [2.05, 4.69) is 6.65 Å². The maximum absolute atomic E-state index is 8.98. The average molecular weight is 417 g/mol. The van der Waals surface area contributed by atoms with Crippen molar-refractivity contribution in [2.45, 2.75) is 41.5 Å². The topological polar surface area (TPSA) is 120 Å². The van der Waals surface area contributed by atoms with Gasteiger partial charge in [0.25, 0.3) is 0 Å². The van der Waals surface area contributed by atoms with Gasteiger partial charge in [0.15, 0.2) is 0 Å². The van der Waals surface area contributed by atoms with Gasteiger partial charge >= 0.3 is 22.9 Å². The molecule has 0 atom stereocenters. The maximum Gasteiger partial charge on any atom is 0 e. The molecule has 0 saturated carbocycles. The van der Waals surface area contributed by atoms with Crippen molar-refractivity contribution in [1.82, 2.24) is 0 Å². The summed E-state index contributed by atoms with van der Waals surface area (Å²) >= 11 is 0. The predicted octanol–water partition coefficient (Wildman–Crippen LogP) is 3.07. The first-order valence-electron chi connectivity index (χ1n) is 6.43. The van der Waals surface area contributed by atoms with Gasteiger partial charge in [0.05, 0.1) is 35.5 Å². The van der Waals surface area contributed by atoms with Crippen molar-refractivity contribution in [2.24, 2.45) is 11.8 Å². The number of aliphatic hydroxyl groups is 2. The van der Waals surface area contributed by atoms with Crippen molar-refractivity contribution in [3.63, 3.8) is 0 Å². The van der Waals surface area contributed by atoms with Crippen LogP contribution in [0.5, 0.6) is 0 Å². The first kappa shape index (κ1) is 33.2. The van der Waals surface area contributed by atoms with E-state index in [0.29, 0.717) is 0 Å². The molecule has 0 heterocycles. The van der Waals surface area contributed by atoms with E-state index >= 15 is 0 Å². The number of rotatable bonds is 4. The monoisotopic (exact) mass is 418 g/mol. The molecular formula is C16H28O6Ru+2. The summed E-state index contributed by atoms with van der Waals surface area (Å²) in [6.45, 7) is 17.0. The van der Waals surface area contributed by atoms with Crippen LogP contribution in [0.2, 0.25) is 0 Å². The molecule has 0 rings (SSSR count). The van der Waals surface area contributed by atoms with Gasteiger partial charge in [-0.25, -0.2) is 0 Å². The summed E-state index contributed by atoms with van der Waals surface area (Å²) in [5.41, 5.74) is 0. The second-order valence-corrected chi connectivity index (χ2v) is 4.73. The van der Waals surface area contributed by atoms with Crippen LogP contribution in [0.1, 0.15) is 41.5 Å². The van der Waals surface area contributed by atoms with Crippen LogP contribution in [-0.4, -0.2) is 38.2 Å². The van der Waals surface area contributed by atoms with Gasteiger partial charge in [-0.2, -0.15) is 0 Å². The fourth-order valence-electron chi connectivity index (χ4n) is 0.761. The smallest absolute Gasteiger partial charge is 0 e. The molecule has 0 unspecified atom stereocenters. The zero-order chi connectivity index (χ0) is 18.9. The van der Waals surface area contributed by atoms with Crippen LogP contribution in [0.15, 0.2) is 23.7 Å². The Bertz CT molecular complexity index is 353. The first-order valence-corrected chi connectivity index (χ1v) is 6.43. The second kappa shape index (κ2) is 22.7. The quantitative estimate of drug-likeness (QED) is 0.240. The fraction of sp³-hybridized carbons (Fsp3) is 0.500. The molecule has 0 aliphatic rings. The summed E-state index contributed by atoms with van der Waals surface area (Å²) in [6, 6.07) is 0. The van der Waals surface area contributed by atoms with Crippen LogP contribution in [0.3, 0.4) is 0 Å². The number of carbonyl (C=O) groups excluding carboxylic acids is 3. The minimum Gasteiger partial charge on any atom is 0 e. The van der Waals surface area contributed by atoms with Gasteiger partial charge in [0.2, 0.25) is 0 Å². The molecule has 0 radical (unpaired) electrons. The number of hydrogen-bond acceptors (Lipinski definition) is 3. The molecular weight excluding hydrogens is 389 g/mol. The van der Waals surface area contributed by atoms with E-state index in [0.717, 1.165) is 0 Å². The van der Waals surface area contributed by atoms with E-state index < -0.39 is 0 Å². The molecule has 23 heavy (non-hydrogen) atoms. The standard InChI is InChI=1S/2C7H12O2.CH2O.CO.Ru/c2*1-5(2)7(9)4-6(3)8;2*1-2;/h2*4-5,8H,1-3H3;1H2;;/p+2. The average Bonchev–Trinajstić information content (AvgIpc) is 2.42. The Labute approximate surface area is 151 Å². The van der Waals surface area contributed by atoms with Gasteiger partial charge < -0.3 is 15.0 Å². The molecule has 0 aromatic rings. The first-order chi connectivity index (χ1) is 10.1. The SMILES string of the molecule is C=O.CC(O)=CC(=[OH+])C(C)C.CC(O)=CC(=[OH+])C(C)C.[C-]#[O+].[Ru]. The molecule has 0 aromatic heterocycles. The molecule has 134 valence electrons. The maximum atomic E-state index is 8.98. The Balaban J connectivity index is -0.0000000743. The van der Waals surface area contributed by atoms with E-state index in [9.17, 15) is 0 Å². The molecule has 0 amide bonds. The van der Waals surface area contributed by atoms with Crippen LogP contribution in [-0.2, 0) is 28.9 Å². The van der Waals surface area contributed by atoms with Gasteiger partial charge in [0.1, 0.15) is 6.79 Å². The summed E-state index contributed by atoms with van der Waals surface area (Å²) in [7, 11) is 0. The van der Waals surface area contributed by atoms with Gasteiger partial charge in [0, 0.05) is 19.5 Å². The Kier molecular flexibility index (Phi) is 32.8. The molecule has 0 bridgehead atoms. The molecule has 7 heteroatoms. The minimum atomic E-state index is 0. The normalized spacial score (nSPS) is 9.83. The largest absolute Gasteiger partial charge is 0 e. The Morgan fingerprint density at radius 1 is 0.913 bits per heavy atom. The second-order valence-electron chi connectivity index (χ2n) is 4.73. The van der Waals surface area contributed by atoms with Crippen molar-refractivity contribution in [2.75, 3.05) is 0 Å². The number of carbonyl (C=O) groups is 1. The van der Waals surface area contributed by atoms with Crippen LogP contribution in [0.25, 0.3) is 0 Å². The summed E-state index contributed by atoms with van der Waals surface area (Å²) in [6.07, 6.45) is 2.70. The van der Waals surface area contributed by atoms with E-state index in [-0.39, 0.29) is 54.4 Å². The van der Waals surface area contributed by atoms with Gasteiger partial charge in [-0.15, -0.1) is 0 Å². The van der Waals surface area contributed by atoms with Crippen LogP contribution in [0, 0.1) is 18.5 Å². The Morgan fingerprint density at radius 2 is 1.09 bits per heavy atom. The zero-order valence-corrected chi connectivity index (χ0v) is 16.2. The number of ketones is 2. The van der Waals surface area contributed by atoms with Crippen molar-refractivity contribution < 1.29 is 48.7 Å². The third-order valence-corrected chi connectivity index (χ3v) is 1.90. The molecule has 0 saturated heterocycles. The molecule has 0 spiro atoms. The van der Waals surface area contributed by atoms with Crippen molar-refractivity contribution in [3.8, 4) is 0 Å². The van der Waals surface area contributed by atoms with Gasteiger partial charge in [-0.05, 0) is 13.8 Å².